The molecule has 0 aliphatic rings. The Morgan fingerprint density at radius 1 is 0.889 bits per heavy atom. The van der Waals surface area contributed by atoms with E-state index in [1.165, 1.54) is 5.56 Å². The molecule has 2 heteroatoms. The third-order valence-corrected chi connectivity index (χ3v) is 4.01. The van der Waals surface area contributed by atoms with Gasteiger partial charge in [0, 0.05) is 21.4 Å². The van der Waals surface area contributed by atoms with Gasteiger partial charge in [-0.15, -0.1) is 11.3 Å². The van der Waals surface area contributed by atoms with Crippen LogP contribution in [-0.4, -0.2) is 0 Å². The van der Waals surface area contributed by atoms with Crippen molar-refractivity contribution in [3.63, 3.8) is 0 Å². The van der Waals surface area contributed by atoms with Crippen LogP contribution < -0.4 is 5.43 Å². The van der Waals surface area contributed by atoms with Gasteiger partial charge in [0.05, 0.1) is 0 Å². The Hall–Kier alpha value is -1.93. The van der Waals surface area contributed by atoms with Crippen molar-refractivity contribution < 1.29 is 0 Å². The van der Waals surface area contributed by atoms with E-state index in [4.69, 9.17) is 0 Å². The highest BCUT2D eigenvalue weighted by Crippen LogP contribution is 2.20. The van der Waals surface area contributed by atoms with Crippen LogP contribution in [0.5, 0.6) is 0 Å². The first-order valence-corrected chi connectivity index (χ1v) is 6.70. The number of rotatable bonds is 2. The monoisotopic (exact) mass is 252 g/mol. The lowest BCUT2D eigenvalue weighted by atomic mass is 10.1. The highest BCUT2D eigenvalue weighted by Gasteiger charge is 2.03. The molecule has 0 unspecified atom stereocenters. The van der Waals surface area contributed by atoms with Crippen LogP contribution in [0.25, 0.3) is 10.1 Å². The molecule has 2 aromatic carbocycles. The molecule has 0 atom stereocenters. The molecule has 3 aromatic rings. The predicted octanol–water partition coefficient (Wildman–Crippen LogP) is 3.85. The van der Waals surface area contributed by atoms with E-state index in [2.05, 4.69) is 12.1 Å². The molecule has 0 amide bonds. The van der Waals surface area contributed by atoms with Gasteiger partial charge < -0.3 is 0 Å². The van der Waals surface area contributed by atoms with Crippen LogP contribution in [0.2, 0.25) is 0 Å². The quantitative estimate of drug-likeness (QED) is 0.677. The Balaban J connectivity index is 2.06. The van der Waals surface area contributed by atoms with Crippen molar-refractivity contribution in [2.24, 2.45) is 0 Å². The average molecular weight is 252 g/mol. The highest BCUT2D eigenvalue weighted by molar-refractivity contribution is 7.18. The van der Waals surface area contributed by atoms with Crippen LogP contribution in [0, 0.1) is 0 Å². The maximum absolute atomic E-state index is 12.0. The van der Waals surface area contributed by atoms with E-state index in [0.717, 1.165) is 21.4 Å². The van der Waals surface area contributed by atoms with Crippen molar-refractivity contribution in [1.29, 1.82) is 0 Å². The van der Waals surface area contributed by atoms with E-state index in [9.17, 15) is 4.79 Å². The van der Waals surface area contributed by atoms with Crippen molar-refractivity contribution in [3.05, 3.63) is 81.3 Å². The molecule has 3 rings (SSSR count). The molecular weight excluding hydrogens is 240 g/mol. The van der Waals surface area contributed by atoms with Gasteiger partial charge in [-0.3, -0.25) is 4.79 Å². The average Bonchev–Trinajstić information content (AvgIpc) is 2.40. The number of hydrogen-bond acceptors (Lipinski definition) is 2. The maximum atomic E-state index is 12.0. The summed E-state index contributed by atoms with van der Waals surface area (Å²) in [4.78, 5) is 13.1. The van der Waals surface area contributed by atoms with Gasteiger partial charge in [-0.1, -0.05) is 42.5 Å². The standard InChI is InChI=1S/C16H12OS/c17-15-11-13(10-12-6-2-1-3-7-12)18-16-9-5-4-8-14(15)16/h1-9,11H,10H2. The lowest BCUT2D eigenvalue weighted by Crippen LogP contribution is -2.00. The minimum atomic E-state index is 0.121. The fourth-order valence-corrected chi connectivity index (χ4v) is 3.15. The van der Waals surface area contributed by atoms with Crippen molar-refractivity contribution in [3.8, 4) is 0 Å². The Labute approximate surface area is 109 Å². The van der Waals surface area contributed by atoms with Crippen molar-refractivity contribution in [2.75, 3.05) is 0 Å². The molecule has 0 fully saturated rings. The van der Waals surface area contributed by atoms with Gasteiger partial charge in [0.1, 0.15) is 0 Å². The van der Waals surface area contributed by atoms with Crippen molar-refractivity contribution in [2.45, 2.75) is 6.42 Å². The Morgan fingerprint density at radius 2 is 1.61 bits per heavy atom. The van der Waals surface area contributed by atoms with E-state index in [1.807, 2.05) is 42.5 Å². The molecule has 0 spiro atoms. The molecular formula is C16H12OS. The van der Waals surface area contributed by atoms with Crippen LogP contribution >= 0.6 is 11.3 Å². The van der Waals surface area contributed by atoms with E-state index in [0.29, 0.717) is 0 Å². The second-order valence-corrected chi connectivity index (χ2v) is 5.40. The Kier molecular flexibility index (Phi) is 2.95. The summed E-state index contributed by atoms with van der Waals surface area (Å²) >= 11 is 1.70. The van der Waals surface area contributed by atoms with E-state index in [1.54, 1.807) is 17.4 Å². The summed E-state index contributed by atoms with van der Waals surface area (Å²) in [6, 6.07) is 19.8. The normalized spacial score (nSPS) is 10.7. The smallest absolute Gasteiger partial charge is 0.188 e. The zero-order valence-electron chi connectivity index (χ0n) is 9.80. The van der Waals surface area contributed by atoms with Gasteiger partial charge >= 0.3 is 0 Å². The van der Waals surface area contributed by atoms with Gasteiger partial charge in [-0.25, -0.2) is 0 Å². The molecule has 0 radical (unpaired) electrons. The maximum Gasteiger partial charge on any atom is 0.188 e. The summed E-state index contributed by atoms with van der Waals surface area (Å²) in [6.45, 7) is 0. The van der Waals surface area contributed by atoms with E-state index in [-0.39, 0.29) is 5.43 Å². The van der Waals surface area contributed by atoms with Gasteiger partial charge in [-0.05, 0) is 23.8 Å². The van der Waals surface area contributed by atoms with Crippen LogP contribution in [0.1, 0.15) is 10.4 Å². The van der Waals surface area contributed by atoms with Gasteiger partial charge in [0.15, 0.2) is 5.43 Å². The summed E-state index contributed by atoms with van der Waals surface area (Å²) in [5.74, 6) is 0. The topological polar surface area (TPSA) is 17.1 Å². The summed E-state index contributed by atoms with van der Waals surface area (Å²) in [5.41, 5.74) is 1.36. The fraction of sp³-hybridized carbons (Fsp3) is 0.0625. The van der Waals surface area contributed by atoms with Crippen LogP contribution in [0.3, 0.4) is 0 Å². The molecule has 1 heterocycles. The lowest BCUT2D eigenvalue weighted by molar-refractivity contribution is 1.23. The van der Waals surface area contributed by atoms with Crippen molar-refractivity contribution in [1.82, 2.24) is 0 Å². The number of fused-ring (bicyclic) bond motifs is 1. The summed E-state index contributed by atoms with van der Waals surface area (Å²) in [7, 11) is 0. The molecule has 0 saturated carbocycles. The fourth-order valence-electron chi connectivity index (χ4n) is 2.04. The molecule has 1 aromatic heterocycles. The molecule has 0 N–H and O–H groups in total. The van der Waals surface area contributed by atoms with Crippen molar-refractivity contribution >= 4 is 21.4 Å². The number of hydrogen-bond donors (Lipinski definition) is 0. The first-order valence-electron chi connectivity index (χ1n) is 5.88. The van der Waals surface area contributed by atoms with E-state index < -0.39 is 0 Å². The third-order valence-electron chi connectivity index (χ3n) is 2.91. The Morgan fingerprint density at radius 3 is 2.44 bits per heavy atom. The lowest BCUT2D eigenvalue weighted by Gasteiger charge is -2.02. The second-order valence-electron chi connectivity index (χ2n) is 4.24. The third kappa shape index (κ3) is 2.20. The number of benzene rings is 2. The minimum Gasteiger partial charge on any atom is -0.289 e. The van der Waals surface area contributed by atoms with Crippen LogP contribution in [0.15, 0.2) is 65.5 Å². The Bertz CT molecular complexity index is 729. The van der Waals surface area contributed by atoms with Crippen LogP contribution in [0.4, 0.5) is 0 Å². The first kappa shape index (κ1) is 11.2. The molecule has 18 heavy (non-hydrogen) atoms. The first-order chi connectivity index (χ1) is 8.83. The molecule has 0 saturated heterocycles. The summed E-state index contributed by atoms with van der Waals surface area (Å²) in [6.07, 6.45) is 0.825. The predicted molar refractivity (Wildman–Crippen MR) is 77.3 cm³/mol. The highest BCUT2D eigenvalue weighted by atomic mass is 32.1. The van der Waals surface area contributed by atoms with Crippen LogP contribution in [-0.2, 0) is 6.42 Å². The SMILES string of the molecule is O=c1cc(Cc2ccccc2)sc2ccccc12. The van der Waals surface area contributed by atoms with E-state index >= 15 is 0 Å². The molecule has 0 aliphatic carbocycles. The molecule has 88 valence electrons. The summed E-state index contributed by atoms with van der Waals surface area (Å²) in [5, 5.41) is 0.819. The largest absolute Gasteiger partial charge is 0.289 e. The zero-order valence-corrected chi connectivity index (χ0v) is 10.6. The minimum absolute atomic E-state index is 0.121. The molecule has 0 bridgehead atoms. The van der Waals surface area contributed by atoms with Gasteiger partial charge in [0.25, 0.3) is 0 Å². The van der Waals surface area contributed by atoms with Gasteiger partial charge in [-0.2, -0.15) is 0 Å². The molecule has 1 nitrogen and oxygen atoms in total. The molecule has 0 aliphatic heterocycles. The second kappa shape index (κ2) is 4.75. The zero-order chi connectivity index (χ0) is 12.4. The van der Waals surface area contributed by atoms with Gasteiger partial charge in [0.2, 0.25) is 0 Å². The summed E-state index contributed by atoms with van der Waals surface area (Å²) < 4.78 is 1.07.